The van der Waals surface area contributed by atoms with Crippen molar-refractivity contribution in [2.24, 2.45) is 13.0 Å². The van der Waals surface area contributed by atoms with E-state index >= 15 is 0 Å². The molecule has 0 bridgehead atoms. The van der Waals surface area contributed by atoms with Crippen molar-refractivity contribution in [1.29, 1.82) is 0 Å². The van der Waals surface area contributed by atoms with Gasteiger partial charge in [0.25, 0.3) is 0 Å². The fourth-order valence-corrected chi connectivity index (χ4v) is 2.40. The Morgan fingerprint density at radius 2 is 2.38 bits per heavy atom. The lowest BCUT2D eigenvalue weighted by atomic mass is 9.91. The van der Waals surface area contributed by atoms with Gasteiger partial charge in [-0.3, -0.25) is 9.48 Å². The van der Waals surface area contributed by atoms with Gasteiger partial charge >= 0.3 is 0 Å². The van der Waals surface area contributed by atoms with Crippen molar-refractivity contribution in [3.8, 4) is 0 Å². The van der Waals surface area contributed by atoms with E-state index in [9.17, 15) is 4.79 Å². The third-order valence-corrected chi connectivity index (χ3v) is 3.59. The van der Waals surface area contributed by atoms with Gasteiger partial charge in [0.1, 0.15) is 10.9 Å². The fourth-order valence-electron chi connectivity index (χ4n) is 2.14. The van der Waals surface area contributed by atoms with E-state index in [0.717, 1.165) is 24.3 Å². The van der Waals surface area contributed by atoms with Crippen LogP contribution in [-0.4, -0.2) is 28.7 Å². The first kappa shape index (κ1) is 11.6. The molecule has 1 aliphatic rings. The van der Waals surface area contributed by atoms with Crippen LogP contribution in [0.15, 0.2) is 0 Å². The number of ketones is 1. The molecule has 0 saturated carbocycles. The zero-order chi connectivity index (χ0) is 11.7. The molecule has 2 rings (SSSR count). The highest BCUT2D eigenvalue weighted by molar-refractivity contribution is 6.30. The lowest BCUT2D eigenvalue weighted by Gasteiger charge is -2.21. The Bertz CT molecular complexity index is 414. The molecular weight excluding hydrogens is 226 g/mol. The zero-order valence-corrected chi connectivity index (χ0v) is 10.3. The second-order valence-corrected chi connectivity index (χ2v) is 4.66. The summed E-state index contributed by atoms with van der Waals surface area (Å²) in [5, 5.41) is 8.14. The number of hydrogen-bond acceptors (Lipinski definition) is 3. The lowest BCUT2D eigenvalue weighted by Crippen LogP contribution is -2.38. The molecule has 4 nitrogen and oxygen atoms in total. The maximum atomic E-state index is 11.7. The van der Waals surface area contributed by atoms with Gasteiger partial charge in [-0.05, 0) is 13.3 Å². The number of piperidine rings is 1. The SMILES string of the molecule is Cc1nn(C)c(Cl)c1CC1CNCCC1=O. The molecular formula is C11H16ClN3O. The van der Waals surface area contributed by atoms with E-state index < -0.39 is 0 Å². The highest BCUT2D eigenvalue weighted by atomic mass is 35.5. The van der Waals surface area contributed by atoms with Crippen LogP contribution < -0.4 is 5.32 Å². The third-order valence-electron chi connectivity index (χ3n) is 3.11. The first-order valence-corrected chi connectivity index (χ1v) is 5.88. The van der Waals surface area contributed by atoms with E-state index in [0.29, 0.717) is 23.8 Å². The van der Waals surface area contributed by atoms with Crippen LogP contribution in [-0.2, 0) is 18.3 Å². The molecule has 0 aliphatic carbocycles. The average Bonchev–Trinajstić information content (AvgIpc) is 2.48. The number of halogens is 1. The summed E-state index contributed by atoms with van der Waals surface area (Å²) in [6.45, 7) is 3.49. The lowest BCUT2D eigenvalue weighted by molar-refractivity contribution is -0.123. The average molecular weight is 242 g/mol. The molecule has 16 heavy (non-hydrogen) atoms. The van der Waals surface area contributed by atoms with Crippen LogP contribution in [0.4, 0.5) is 0 Å². The topological polar surface area (TPSA) is 46.9 Å². The quantitative estimate of drug-likeness (QED) is 0.844. The molecule has 5 heteroatoms. The number of hydrogen-bond donors (Lipinski definition) is 1. The number of nitrogens with zero attached hydrogens (tertiary/aromatic N) is 2. The van der Waals surface area contributed by atoms with E-state index in [4.69, 9.17) is 11.6 Å². The largest absolute Gasteiger partial charge is 0.316 e. The summed E-state index contributed by atoms with van der Waals surface area (Å²) in [5.74, 6) is 0.382. The molecule has 1 aromatic heterocycles. The summed E-state index contributed by atoms with van der Waals surface area (Å²) in [6, 6.07) is 0. The Labute approximate surface area is 100.0 Å². The van der Waals surface area contributed by atoms with Gasteiger partial charge in [0, 0.05) is 38.0 Å². The van der Waals surface area contributed by atoms with E-state index in [1.807, 2.05) is 14.0 Å². The van der Waals surface area contributed by atoms with Gasteiger partial charge in [-0.2, -0.15) is 5.10 Å². The van der Waals surface area contributed by atoms with Gasteiger partial charge in [0.2, 0.25) is 0 Å². The van der Waals surface area contributed by atoms with Crippen molar-refractivity contribution >= 4 is 17.4 Å². The Kier molecular flexibility index (Phi) is 3.30. The Morgan fingerprint density at radius 1 is 1.62 bits per heavy atom. The van der Waals surface area contributed by atoms with Crippen LogP contribution in [0.25, 0.3) is 0 Å². The molecule has 1 N–H and O–H groups in total. The maximum absolute atomic E-state index is 11.7. The van der Waals surface area contributed by atoms with Gasteiger partial charge in [-0.15, -0.1) is 0 Å². The van der Waals surface area contributed by atoms with E-state index in [1.165, 1.54) is 0 Å². The summed E-state index contributed by atoms with van der Waals surface area (Å²) < 4.78 is 1.66. The molecule has 1 unspecified atom stereocenters. The molecule has 88 valence electrons. The van der Waals surface area contributed by atoms with Gasteiger partial charge in [0.15, 0.2) is 0 Å². The second kappa shape index (κ2) is 4.55. The van der Waals surface area contributed by atoms with Gasteiger partial charge < -0.3 is 5.32 Å². The molecule has 1 aromatic rings. The van der Waals surface area contributed by atoms with Gasteiger partial charge in [-0.25, -0.2) is 0 Å². The first-order chi connectivity index (χ1) is 7.59. The molecule has 1 aliphatic heterocycles. The number of carbonyl (C=O) groups excluding carboxylic acids is 1. The summed E-state index contributed by atoms with van der Waals surface area (Å²) in [7, 11) is 1.82. The second-order valence-electron chi connectivity index (χ2n) is 4.30. The van der Waals surface area contributed by atoms with E-state index in [1.54, 1.807) is 4.68 Å². The highest BCUT2D eigenvalue weighted by Crippen LogP contribution is 2.23. The molecule has 0 amide bonds. The number of nitrogens with one attached hydrogen (secondary N) is 1. The number of carbonyl (C=O) groups is 1. The predicted octanol–water partition coefficient (Wildman–Crippen LogP) is 1.10. The normalized spacial score (nSPS) is 21.4. The number of aromatic nitrogens is 2. The van der Waals surface area contributed by atoms with Crippen molar-refractivity contribution < 1.29 is 4.79 Å². The van der Waals surface area contributed by atoms with Crippen LogP contribution in [0, 0.1) is 12.8 Å². The van der Waals surface area contributed by atoms with Gasteiger partial charge in [-0.1, -0.05) is 11.6 Å². The van der Waals surface area contributed by atoms with Crippen molar-refractivity contribution in [3.05, 3.63) is 16.4 Å². The summed E-state index contributed by atoms with van der Waals surface area (Å²) in [6.07, 6.45) is 1.33. The standard InChI is InChI=1S/C11H16ClN3O/c1-7-9(11(12)15(2)14-7)5-8-6-13-4-3-10(8)16/h8,13H,3-6H2,1-2H3. The number of Topliss-reactive ketones (excluding diaryl/α,β-unsaturated/α-hetero) is 1. The Balaban J connectivity index is 2.16. The molecule has 0 radical (unpaired) electrons. The monoisotopic (exact) mass is 241 g/mol. The summed E-state index contributed by atoms with van der Waals surface area (Å²) >= 11 is 6.15. The summed E-state index contributed by atoms with van der Waals surface area (Å²) in [4.78, 5) is 11.7. The third kappa shape index (κ3) is 2.13. The van der Waals surface area contributed by atoms with Crippen LogP contribution >= 0.6 is 11.6 Å². The summed E-state index contributed by atoms with van der Waals surface area (Å²) in [5.41, 5.74) is 1.93. The van der Waals surface area contributed by atoms with Crippen molar-refractivity contribution in [3.63, 3.8) is 0 Å². The Morgan fingerprint density at radius 3 is 2.94 bits per heavy atom. The molecule has 1 fully saturated rings. The number of aryl methyl sites for hydroxylation is 2. The van der Waals surface area contributed by atoms with Crippen molar-refractivity contribution in [1.82, 2.24) is 15.1 Å². The molecule has 0 aromatic carbocycles. The van der Waals surface area contributed by atoms with Crippen LogP contribution in [0.5, 0.6) is 0 Å². The minimum absolute atomic E-state index is 0.0501. The first-order valence-electron chi connectivity index (χ1n) is 5.51. The van der Waals surface area contributed by atoms with Crippen molar-refractivity contribution in [2.45, 2.75) is 19.8 Å². The van der Waals surface area contributed by atoms with Crippen LogP contribution in [0.1, 0.15) is 17.7 Å². The van der Waals surface area contributed by atoms with Crippen LogP contribution in [0.3, 0.4) is 0 Å². The van der Waals surface area contributed by atoms with E-state index in [2.05, 4.69) is 10.4 Å². The van der Waals surface area contributed by atoms with E-state index in [-0.39, 0.29) is 5.92 Å². The van der Waals surface area contributed by atoms with Crippen LogP contribution in [0.2, 0.25) is 5.15 Å². The maximum Gasteiger partial charge on any atom is 0.138 e. The molecule has 1 atom stereocenters. The van der Waals surface area contributed by atoms with Crippen molar-refractivity contribution in [2.75, 3.05) is 13.1 Å². The van der Waals surface area contributed by atoms with Gasteiger partial charge in [0.05, 0.1) is 5.69 Å². The zero-order valence-electron chi connectivity index (χ0n) is 9.59. The smallest absolute Gasteiger partial charge is 0.138 e. The predicted molar refractivity (Wildman–Crippen MR) is 62.6 cm³/mol. The minimum Gasteiger partial charge on any atom is -0.316 e. The Hall–Kier alpha value is -0.870. The molecule has 0 spiro atoms. The highest BCUT2D eigenvalue weighted by Gasteiger charge is 2.25. The molecule has 2 heterocycles. The minimum atomic E-state index is 0.0501. The molecule has 1 saturated heterocycles. The fraction of sp³-hybridized carbons (Fsp3) is 0.636. The number of rotatable bonds is 2.